The molecule has 2 aromatic rings. The van der Waals surface area contributed by atoms with Gasteiger partial charge in [0.15, 0.2) is 0 Å². The number of nitrogen functional groups attached to an aromatic ring is 1. The van der Waals surface area contributed by atoms with Gasteiger partial charge in [0.25, 0.3) is 5.91 Å². The van der Waals surface area contributed by atoms with Crippen LogP contribution in [0.5, 0.6) is 5.75 Å². The number of nitrogens with one attached hydrogen (secondary N) is 1. The van der Waals surface area contributed by atoms with Crippen LogP contribution in [0, 0.1) is 0 Å². The molecule has 1 amide bonds. The van der Waals surface area contributed by atoms with Gasteiger partial charge in [0.05, 0.1) is 16.6 Å². The van der Waals surface area contributed by atoms with Crippen LogP contribution in [0.3, 0.4) is 0 Å². The predicted molar refractivity (Wildman–Crippen MR) is 82.8 cm³/mol. The van der Waals surface area contributed by atoms with Gasteiger partial charge in [-0.15, -0.1) is 0 Å². The second-order valence-corrected chi connectivity index (χ2v) is 4.92. The largest absolute Gasteiger partial charge is 0.492 e. The van der Waals surface area contributed by atoms with Gasteiger partial charge in [0, 0.05) is 5.69 Å². The van der Waals surface area contributed by atoms with Crippen LogP contribution in [-0.4, -0.2) is 19.1 Å². The number of carbonyl (C=O) groups excluding carboxylic acids is 1. The molecule has 0 radical (unpaired) electrons. The lowest BCUT2D eigenvalue weighted by atomic mass is 10.2. The summed E-state index contributed by atoms with van der Waals surface area (Å²) in [4.78, 5) is 12.0. The van der Waals surface area contributed by atoms with Crippen molar-refractivity contribution >= 4 is 27.5 Å². The second-order valence-electron chi connectivity index (χ2n) is 4.13. The number of benzene rings is 2. The normalized spacial score (nSPS) is 10.1. The van der Waals surface area contributed by atoms with Gasteiger partial charge in [0.2, 0.25) is 0 Å². The van der Waals surface area contributed by atoms with Crippen LogP contribution in [-0.2, 0) is 0 Å². The number of hydrogen-bond donors (Lipinski definition) is 2. The van der Waals surface area contributed by atoms with Crippen molar-refractivity contribution in [3.8, 4) is 5.75 Å². The Hall–Kier alpha value is -2.01. The Morgan fingerprint density at radius 2 is 1.90 bits per heavy atom. The van der Waals surface area contributed by atoms with E-state index in [1.807, 2.05) is 30.3 Å². The summed E-state index contributed by atoms with van der Waals surface area (Å²) >= 11 is 3.31. The molecular formula is C15H15BrN2O2. The highest BCUT2D eigenvalue weighted by atomic mass is 79.9. The molecule has 0 spiro atoms. The highest BCUT2D eigenvalue weighted by molar-refractivity contribution is 9.10. The summed E-state index contributed by atoms with van der Waals surface area (Å²) < 4.78 is 6.11. The second kappa shape index (κ2) is 6.96. The molecule has 0 fully saturated rings. The van der Waals surface area contributed by atoms with Gasteiger partial charge in [-0.25, -0.2) is 0 Å². The maximum Gasteiger partial charge on any atom is 0.252 e. The molecule has 0 atom stereocenters. The first-order chi connectivity index (χ1) is 9.68. The molecule has 0 aliphatic heterocycles. The molecule has 0 aliphatic rings. The van der Waals surface area contributed by atoms with Gasteiger partial charge < -0.3 is 15.8 Å². The third kappa shape index (κ3) is 3.74. The Balaban J connectivity index is 1.82. The van der Waals surface area contributed by atoms with Crippen LogP contribution in [0.25, 0.3) is 0 Å². The number of nitrogens with two attached hydrogens (primary N) is 1. The van der Waals surface area contributed by atoms with Crippen LogP contribution < -0.4 is 15.8 Å². The molecule has 0 bridgehead atoms. The van der Waals surface area contributed by atoms with E-state index in [9.17, 15) is 4.79 Å². The van der Waals surface area contributed by atoms with E-state index in [1.54, 1.807) is 18.2 Å². The van der Waals surface area contributed by atoms with E-state index in [1.165, 1.54) is 0 Å². The number of anilines is 1. The van der Waals surface area contributed by atoms with Crippen LogP contribution in [0.4, 0.5) is 5.69 Å². The zero-order valence-electron chi connectivity index (χ0n) is 10.8. The van der Waals surface area contributed by atoms with Gasteiger partial charge in [-0.2, -0.15) is 0 Å². The van der Waals surface area contributed by atoms with Crippen LogP contribution in [0.15, 0.2) is 53.0 Å². The fourth-order valence-electron chi connectivity index (χ4n) is 1.67. The summed E-state index contributed by atoms with van der Waals surface area (Å²) in [6.45, 7) is 0.838. The van der Waals surface area contributed by atoms with Gasteiger partial charge in [-0.3, -0.25) is 4.79 Å². The highest BCUT2D eigenvalue weighted by Crippen LogP contribution is 2.23. The molecular weight excluding hydrogens is 320 g/mol. The molecule has 5 heteroatoms. The smallest absolute Gasteiger partial charge is 0.252 e. The molecule has 0 saturated carbocycles. The number of halogens is 1. The molecule has 20 heavy (non-hydrogen) atoms. The summed E-state index contributed by atoms with van der Waals surface area (Å²) in [5.74, 6) is 0.604. The van der Waals surface area contributed by atoms with Crippen molar-refractivity contribution in [3.05, 3.63) is 58.6 Å². The average Bonchev–Trinajstić information content (AvgIpc) is 2.47. The SMILES string of the molecule is Nc1cccc(C(=O)NCCOc2ccccc2)c1Br. The fraction of sp³-hybridized carbons (Fsp3) is 0.133. The van der Waals surface area contributed by atoms with Crippen molar-refractivity contribution in [2.24, 2.45) is 0 Å². The zero-order valence-corrected chi connectivity index (χ0v) is 12.4. The van der Waals surface area contributed by atoms with Crippen LogP contribution in [0.1, 0.15) is 10.4 Å². The Labute approximate surface area is 126 Å². The van der Waals surface area contributed by atoms with Crippen LogP contribution >= 0.6 is 15.9 Å². The molecule has 0 aromatic heterocycles. The third-order valence-corrected chi connectivity index (χ3v) is 3.56. The van der Waals surface area contributed by atoms with Gasteiger partial charge in [0.1, 0.15) is 12.4 Å². The van der Waals surface area contributed by atoms with E-state index in [4.69, 9.17) is 10.5 Å². The zero-order chi connectivity index (χ0) is 14.4. The minimum absolute atomic E-state index is 0.180. The van der Waals surface area contributed by atoms with Gasteiger partial charge in [-0.05, 0) is 40.2 Å². The van der Waals surface area contributed by atoms with Crippen molar-refractivity contribution < 1.29 is 9.53 Å². The molecule has 0 aliphatic carbocycles. The number of amides is 1. The minimum atomic E-state index is -0.180. The van der Waals surface area contributed by atoms with Gasteiger partial charge in [-0.1, -0.05) is 24.3 Å². The number of hydrogen-bond acceptors (Lipinski definition) is 3. The quantitative estimate of drug-likeness (QED) is 0.652. The summed E-state index contributed by atoms with van der Waals surface area (Å²) in [6.07, 6.45) is 0. The minimum Gasteiger partial charge on any atom is -0.492 e. The first-order valence-corrected chi connectivity index (χ1v) is 6.98. The van der Waals surface area contributed by atoms with Crippen molar-refractivity contribution in [1.29, 1.82) is 0 Å². The summed E-state index contributed by atoms with van der Waals surface area (Å²) in [6, 6.07) is 14.7. The van der Waals surface area contributed by atoms with E-state index in [0.717, 1.165) is 5.75 Å². The van der Waals surface area contributed by atoms with Crippen LogP contribution in [0.2, 0.25) is 0 Å². The molecule has 104 valence electrons. The number of para-hydroxylation sites is 1. The summed E-state index contributed by atoms with van der Waals surface area (Å²) in [5, 5.41) is 2.79. The topological polar surface area (TPSA) is 64.4 Å². The molecule has 0 saturated heterocycles. The molecule has 3 N–H and O–H groups in total. The maximum absolute atomic E-state index is 12.0. The van der Waals surface area contributed by atoms with E-state index >= 15 is 0 Å². The summed E-state index contributed by atoms with van der Waals surface area (Å²) in [5.41, 5.74) is 6.80. The molecule has 2 rings (SSSR count). The van der Waals surface area contributed by atoms with Gasteiger partial charge >= 0.3 is 0 Å². The van der Waals surface area contributed by atoms with Crippen molar-refractivity contribution in [2.45, 2.75) is 0 Å². The third-order valence-electron chi connectivity index (χ3n) is 2.67. The first kappa shape index (κ1) is 14.4. The monoisotopic (exact) mass is 334 g/mol. The van der Waals surface area contributed by atoms with E-state index in [2.05, 4.69) is 21.2 Å². The van der Waals surface area contributed by atoms with Crippen molar-refractivity contribution in [2.75, 3.05) is 18.9 Å². The fourth-order valence-corrected chi connectivity index (χ4v) is 2.11. The number of ether oxygens (including phenoxy) is 1. The molecule has 4 nitrogen and oxygen atoms in total. The predicted octanol–water partition coefficient (Wildman–Crippen LogP) is 2.84. The first-order valence-electron chi connectivity index (χ1n) is 6.18. The Morgan fingerprint density at radius 3 is 2.65 bits per heavy atom. The Bertz CT molecular complexity index is 588. The van der Waals surface area contributed by atoms with E-state index in [-0.39, 0.29) is 5.91 Å². The van der Waals surface area contributed by atoms with Crippen molar-refractivity contribution in [1.82, 2.24) is 5.32 Å². The maximum atomic E-state index is 12.0. The number of carbonyl (C=O) groups is 1. The highest BCUT2D eigenvalue weighted by Gasteiger charge is 2.10. The average molecular weight is 335 g/mol. The lowest BCUT2D eigenvalue weighted by molar-refractivity contribution is 0.0946. The lowest BCUT2D eigenvalue weighted by Gasteiger charge is -2.09. The van der Waals surface area contributed by atoms with Crippen molar-refractivity contribution in [3.63, 3.8) is 0 Å². The molecule has 2 aromatic carbocycles. The number of rotatable bonds is 5. The molecule has 0 unspecified atom stereocenters. The van der Waals surface area contributed by atoms with E-state index in [0.29, 0.717) is 28.9 Å². The van der Waals surface area contributed by atoms with E-state index < -0.39 is 0 Å². The Kier molecular flexibility index (Phi) is 5.01. The Morgan fingerprint density at radius 1 is 1.15 bits per heavy atom. The summed E-state index contributed by atoms with van der Waals surface area (Å²) in [7, 11) is 0. The molecule has 0 heterocycles. The standard InChI is InChI=1S/C15H15BrN2O2/c16-14-12(7-4-8-13(14)17)15(19)18-9-10-20-11-5-2-1-3-6-11/h1-8H,9-10,17H2,(H,18,19). The lowest BCUT2D eigenvalue weighted by Crippen LogP contribution is -2.28.